The number of aliphatic carboxylic acids is 1. The number of benzene rings is 2. The lowest BCUT2D eigenvalue weighted by molar-refractivity contribution is -0.131. The molecule has 0 unspecified atom stereocenters. The molecule has 0 bridgehead atoms. The van der Waals surface area contributed by atoms with Crippen LogP contribution in [0.2, 0.25) is 0 Å². The molecule has 1 aromatic heterocycles. The lowest BCUT2D eigenvalue weighted by Crippen LogP contribution is -2.12. The second kappa shape index (κ2) is 5.93. The van der Waals surface area contributed by atoms with E-state index in [9.17, 15) is 9.59 Å². The summed E-state index contributed by atoms with van der Waals surface area (Å²) in [6, 6.07) is 16.5. The van der Waals surface area contributed by atoms with E-state index < -0.39 is 5.97 Å². The largest absolute Gasteiger partial charge is 0.478 e. The molecule has 114 valence electrons. The number of carbonyl (C=O) groups is 2. The van der Waals surface area contributed by atoms with Gasteiger partial charge in [-0.05, 0) is 42.8 Å². The van der Waals surface area contributed by atoms with Gasteiger partial charge in [0.05, 0.1) is 5.52 Å². The van der Waals surface area contributed by atoms with E-state index in [0.717, 1.165) is 28.2 Å². The first-order valence-corrected chi connectivity index (χ1v) is 7.20. The molecule has 3 aromatic rings. The first-order chi connectivity index (χ1) is 11.1. The highest BCUT2D eigenvalue weighted by Crippen LogP contribution is 2.25. The van der Waals surface area contributed by atoms with E-state index in [4.69, 9.17) is 5.11 Å². The van der Waals surface area contributed by atoms with Gasteiger partial charge in [-0.3, -0.25) is 9.36 Å². The zero-order valence-corrected chi connectivity index (χ0v) is 12.6. The normalized spacial score (nSPS) is 11.2. The van der Waals surface area contributed by atoms with Crippen LogP contribution in [0.15, 0.2) is 60.7 Å². The number of hydrogen-bond donors (Lipinski definition) is 1. The summed E-state index contributed by atoms with van der Waals surface area (Å²) in [6.07, 6.45) is 2.64. The maximum absolute atomic E-state index is 12.8. The van der Waals surface area contributed by atoms with Crippen molar-refractivity contribution in [1.29, 1.82) is 0 Å². The molecule has 0 amide bonds. The zero-order chi connectivity index (χ0) is 16.4. The highest BCUT2D eigenvalue weighted by Gasteiger charge is 2.15. The Morgan fingerprint density at radius 2 is 1.78 bits per heavy atom. The molecule has 0 radical (unpaired) electrons. The third-order valence-corrected chi connectivity index (χ3v) is 3.69. The van der Waals surface area contributed by atoms with Crippen LogP contribution >= 0.6 is 0 Å². The fraction of sp³-hybridized carbons (Fsp3) is 0.0526. The minimum atomic E-state index is -1.00. The summed E-state index contributed by atoms with van der Waals surface area (Å²) >= 11 is 0. The van der Waals surface area contributed by atoms with E-state index in [1.807, 2.05) is 49.4 Å². The Kier molecular flexibility index (Phi) is 3.81. The van der Waals surface area contributed by atoms with Crippen LogP contribution in [0, 0.1) is 6.92 Å². The van der Waals surface area contributed by atoms with Gasteiger partial charge in [-0.1, -0.05) is 30.3 Å². The minimum Gasteiger partial charge on any atom is -0.478 e. The number of rotatable bonds is 3. The van der Waals surface area contributed by atoms with Crippen LogP contribution in [0.3, 0.4) is 0 Å². The van der Waals surface area contributed by atoms with Crippen molar-refractivity contribution in [1.82, 2.24) is 4.57 Å². The summed E-state index contributed by atoms with van der Waals surface area (Å²) in [4.78, 5) is 23.5. The van der Waals surface area contributed by atoms with Crippen molar-refractivity contribution < 1.29 is 14.7 Å². The van der Waals surface area contributed by atoms with Crippen molar-refractivity contribution >= 4 is 28.9 Å². The summed E-state index contributed by atoms with van der Waals surface area (Å²) in [5.41, 5.74) is 2.96. The third-order valence-electron chi connectivity index (χ3n) is 3.69. The Labute approximate surface area is 133 Å². The van der Waals surface area contributed by atoms with E-state index in [1.165, 1.54) is 0 Å². The SMILES string of the molecule is Cc1cc2c(/C=C/C(=O)O)cccc2n1C(=O)c1ccccc1. The number of carboxylic acid groups (broad SMARTS) is 1. The van der Waals surface area contributed by atoms with Gasteiger partial charge in [0.2, 0.25) is 0 Å². The molecule has 0 saturated heterocycles. The van der Waals surface area contributed by atoms with Crippen molar-refractivity contribution in [2.75, 3.05) is 0 Å². The average molecular weight is 305 g/mol. The minimum absolute atomic E-state index is 0.0996. The lowest BCUT2D eigenvalue weighted by Gasteiger charge is -2.07. The Morgan fingerprint density at radius 3 is 2.48 bits per heavy atom. The Bertz CT molecular complexity index is 920. The average Bonchev–Trinajstić information content (AvgIpc) is 2.89. The second-order valence-electron chi connectivity index (χ2n) is 5.24. The quantitative estimate of drug-likeness (QED) is 0.750. The molecule has 0 aliphatic carbocycles. The first kappa shape index (κ1) is 14.8. The number of hydrogen-bond acceptors (Lipinski definition) is 2. The number of nitrogens with zero attached hydrogens (tertiary/aromatic N) is 1. The van der Waals surface area contributed by atoms with Crippen LogP contribution in [0.4, 0.5) is 0 Å². The second-order valence-corrected chi connectivity index (χ2v) is 5.24. The maximum atomic E-state index is 12.8. The summed E-state index contributed by atoms with van der Waals surface area (Å²) < 4.78 is 1.66. The summed E-state index contributed by atoms with van der Waals surface area (Å²) in [5, 5.41) is 9.65. The van der Waals surface area contributed by atoms with Gasteiger partial charge in [0.25, 0.3) is 5.91 Å². The van der Waals surface area contributed by atoms with Crippen molar-refractivity contribution in [2.45, 2.75) is 6.92 Å². The van der Waals surface area contributed by atoms with Crippen LogP contribution in [0.5, 0.6) is 0 Å². The van der Waals surface area contributed by atoms with Crippen LogP contribution in [0.25, 0.3) is 17.0 Å². The van der Waals surface area contributed by atoms with Crippen LogP contribution in [0.1, 0.15) is 21.6 Å². The van der Waals surface area contributed by atoms with Gasteiger partial charge >= 0.3 is 5.97 Å². The molecule has 0 aliphatic rings. The zero-order valence-electron chi connectivity index (χ0n) is 12.6. The molecule has 0 atom stereocenters. The molecule has 4 nitrogen and oxygen atoms in total. The van der Waals surface area contributed by atoms with Crippen LogP contribution in [-0.4, -0.2) is 21.6 Å². The molecule has 4 heteroatoms. The first-order valence-electron chi connectivity index (χ1n) is 7.20. The molecule has 23 heavy (non-hydrogen) atoms. The summed E-state index contributed by atoms with van der Waals surface area (Å²) in [6.45, 7) is 1.87. The van der Waals surface area contributed by atoms with Crippen molar-refractivity contribution in [3.63, 3.8) is 0 Å². The van der Waals surface area contributed by atoms with E-state index in [-0.39, 0.29) is 5.91 Å². The molecule has 3 rings (SSSR count). The van der Waals surface area contributed by atoms with Crippen molar-refractivity contribution in [3.05, 3.63) is 77.5 Å². The van der Waals surface area contributed by atoms with Gasteiger partial charge in [0, 0.05) is 22.7 Å². The van der Waals surface area contributed by atoms with E-state index >= 15 is 0 Å². The van der Waals surface area contributed by atoms with Gasteiger partial charge in [-0.25, -0.2) is 4.79 Å². The number of carbonyl (C=O) groups excluding carboxylic acids is 1. The fourth-order valence-electron chi connectivity index (χ4n) is 2.67. The van der Waals surface area contributed by atoms with E-state index in [2.05, 4.69) is 0 Å². The number of carboxylic acids is 1. The molecule has 0 fully saturated rings. The number of aryl methyl sites for hydroxylation is 1. The molecule has 2 aromatic carbocycles. The number of fused-ring (bicyclic) bond motifs is 1. The van der Waals surface area contributed by atoms with Crippen LogP contribution < -0.4 is 0 Å². The predicted octanol–water partition coefficient (Wildman–Crippen LogP) is 3.74. The van der Waals surface area contributed by atoms with Crippen molar-refractivity contribution in [3.8, 4) is 0 Å². The molecule has 0 saturated carbocycles. The standard InChI is InChI=1S/C19H15NO3/c1-13-12-16-14(10-11-18(21)22)8-5-9-17(16)20(13)19(23)15-6-3-2-4-7-15/h2-12H,1H3,(H,21,22)/b11-10+. The number of aromatic nitrogens is 1. The van der Waals surface area contributed by atoms with Crippen molar-refractivity contribution in [2.24, 2.45) is 0 Å². The van der Waals surface area contributed by atoms with Gasteiger partial charge in [-0.2, -0.15) is 0 Å². The third kappa shape index (κ3) is 2.79. The van der Waals surface area contributed by atoms with Gasteiger partial charge in [0.1, 0.15) is 0 Å². The Balaban J connectivity index is 2.16. The van der Waals surface area contributed by atoms with E-state index in [0.29, 0.717) is 5.56 Å². The highest BCUT2D eigenvalue weighted by molar-refractivity contribution is 6.04. The lowest BCUT2D eigenvalue weighted by atomic mass is 10.1. The fourth-order valence-corrected chi connectivity index (χ4v) is 2.67. The van der Waals surface area contributed by atoms with Crippen LogP contribution in [-0.2, 0) is 4.79 Å². The maximum Gasteiger partial charge on any atom is 0.328 e. The molecule has 1 N–H and O–H groups in total. The summed E-state index contributed by atoms with van der Waals surface area (Å²) in [7, 11) is 0. The Hall–Kier alpha value is -3.14. The van der Waals surface area contributed by atoms with E-state index in [1.54, 1.807) is 22.8 Å². The van der Waals surface area contributed by atoms with Gasteiger partial charge in [-0.15, -0.1) is 0 Å². The summed E-state index contributed by atoms with van der Waals surface area (Å²) in [5.74, 6) is -1.10. The molecular formula is C19H15NO3. The molecule has 0 aliphatic heterocycles. The molecule has 1 heterocycles. The predicted molar refractivity (Wildman–Crippen MR) is 89.5 cm³/mol. The topological polar surface area (TPSA) is 59.3 Å². The Morgan fingerprint density at radius 1 is 1.04 bits per heavy atom. The monoisotopic (exact) mass is 305 g/mol. The highest BCUT2D eigenvalue weighted by atomic mass is 16.4. The molecular weight excluding hydrogens is 290 g/mol. The van der Waals surface area contributed by atoms with Gasteiger partial charge in [0.15, 0.2) is 0 Å². The molecule has 0 spiro atoms. The smallest absolute Gasteiger partial charge is 0.328 e. The van der Waals surface area contributed by atoms with Gasteiger partial charge < -0.3 is 5.11 Å².